The van der Waals surface area contributed by atoms with E-state index in [1.54, 1.807) is 6.20 Å². The fraction of sp³-hybridized carbons (Fsp3) is 0.412. The summed E-state index contributed by atoms with van der Waals surface area (Å²) in [6, 6.07) is 6.69. The molecule has 1 fully saturated rings. The molecule has 0 radical (unpaired) electrons. The first-order chi connectivity index (χ1) is 11.8. The fourth-order valence-corrected chi connectivity index (χ4v) is 3.64. The van der Waals surface area contributed by atoms with Crippen LogP contribution in [-0.2, 0) is 0 Å². The van der Waals surface area contributed by atoms with Gasteiger partial charge < -0.3 is 14.5 Å². The zero-order valence-corrected chi connectivity index (χ0v) is 13.2. The van der Waals surface area contributed by atoms with Gasteiger partial charge in [0.2, 0.25) is 5.82 Å². The van der Waals surface area contributed by atoms with Gasteiger partial charge in [0.25, 0.3) is 0 Å². The van der Waals surface area contributed by atoms with E-state index in [2.05, 4.69) is 36.6 Å². The van der Waals surface area contributed by atoms with Gasteiger partial charge in [0.05, 0.1) is 17.8 Å². The summed E-state index contributed by atoms with van der Waals surface area (Å²) < 4.78 is 2.09. The van der Waals surface area contributed by atoms with E-state index >= 15 is 0 Å². The molecule has 3 aromatic heterocycles. The van der Waals surface area contributed by atoms with Crippen molar-refractivity contribution in [2.24, 2.45) is 0 Å². The third-order valence-corrected chi connectivity index (χ3v) is 4.80. The van der Waals surface area contributed by atoms with E-state index in [0.717, 1.165) is 54.5 Å². The van der Waals surface area contributed by atoms with Crippen molar-refractivity contribution in [3.05, 3.63) is 24.3 Å². The second-order valence-electron chi connectivity index (χ2n) is 6.13. The molecule has 0 bridgehead atoms. The molecule has 7 heteroatoms. The predicted octanol–water partition coefficient (Wildman–Crippen LogP) is 2.33. The largest absolute Gasteiger partial charge is 0.346 e. The monoisotopic (exact) mass is 319 g/mol. The molecule has 1 aliphatic heterocycles. The quantitative estimate of drug-likeness (QED) is 0.799. The van der Waals surface area contributed by atoms with E-state index in [9.17, 15) is 5.26 Å². The van der Waals surface area contributed by atoms with Gasteiger partial charge >= 0.3 is 0 Å². The number of aromatic nitrogens is 4. The second kappa shape index (κ2) is 5.95. The minimum Gasteiger partial charge on any atom is -0.346 e. The number of hydrogen-bond donors (Lipinski definition) is 1. The third kappa shape index (κ3) is 2.31. The van der Waals surface area contributed by atoms with Crippen molar-refractivity contribution in [3.63, 3.8) is 0 Å². The smallest absolute Gasteiger partial charge is 0.214 e. The number of nitrogens with zero attached hydrogens (tertiary/aromatic N) is 6. The molecule has 120 valence electrons. The lowest BCUT2D eigenvalue weighted by atomic mass is 10.0. The van der Waals surface area contributed by atoms with E-state index in [-0.39, 0.29) is 6.04 Å². The van der Waals surface area contributed by atoms with E-state index in [1.807, 2.05) is 12.3 Å². The fourth-order valence-electron chi connectivity index (χ4n) is 3.64. The number of H-pyrrole nitrogens is 1. The van der Waals surface area contributed by atoms with Crippen LogP contribution in [0.2, 0.25) is 0 Å². The SMILES string of the molecule is N#CCCN1CCC(n2c(C#N)nc3cnc4[nH]ccc4c32)CC1. The first kappa shape index (κ1) is 14.7. The van der Waals surface area contributed by atoms with Crippen LogP contribution < -0.4 is 0 Å². The second-order valence-corrected chi connectivity index (χ2v) is 6.13. The van der Waals surface area contributed by atoms with Crippen LogP contribution in [0, 0.1) is 22.7 Å². The number of nitriles is 2. The maximum absolute atomic E-state index is 9.53. The van der Waals surface area contributed by atoms with Crippen molar-refractivity contribution < 1.29 is 0 Å². The highest BCUT2D eigenvalue weighted by Crippen LogP contribution is 2.31. The maximum Gasteiger partial charge on any atom is 0.214 e. The topological polar surface area (TPSA) is 97.3 Å². The van der Waals surface area contributed by atoms with Crippen molar-refractivity contribution in [2.75, 3.05) is 19.6 Å². The molecule has 0 atom stereocenters. The number of fused-ring (bicyclic) bond motifs is 3. The molecule has 1 saturated heterocycles. The zero-order chi connectivity index (χ0) is 16.5. The molecule has 7 nitrogen and oxygen atoms in total. The van der Waals surface area contributed by atoms with Gasteiger partial charge in [-0.2, -0.15) is 10.5 Å². The summed E-state index contributed by atoms with van der Waals surface area (Å²) in [5.41, 5.74) is 2.58. The highest BCUT2D eigenvalue weighted by molar-refractivity contribution is 6.01. The first-order valence-electron chi connectivity index (χ1n) is 8.15. The van der Waals surface area contributed by atoms with E-state index in [1.165, 1.54) is 0 Å². The van der Waals surface area contributed by atoms with Crippen LogP contribution in [-0.4, -0.2) is 44.1 Å². The minimum absolute atomic E-state index is 0.253. The Balaban J connectivity index is 1.73. The number of nitrogens with one attached hydrogen (secondary N) is 1. The summed E-state index contributed by atoms with van der Waals surface area (Å²) in [5, 5.41) is 19.3. The lowest BCUT2D eigenvalue weighted by Gasteiger charge is -2.32. The summed E-state index contributed by atoms with van der Waals surface area (Å²) in [4.78, 5) is 14.3. The predicted molar refractivity (Wildman–Crippen MR) is 89.0 cm³/mol. The van der Waals surface area contributed by atoms with Crippen LogP contribution >= 0.6 is 0 Å². The van der Waals surface area contributed by atoms with Gasteiger partial charge in [0.1, 0.15) is 17.2 Å². The van der Waals surface area contributed by atoms with Gasteiger partial charge in [-0.15, -0.1) is 0 Å². The van der Waals surface area contributed by atoms with Crippen LogP contribution in [0.4, 0.5) is 0 Å². The summed E-state index contributed by atoms with van der Waals surface area (Å²) in [7, 11) is 0. The molecule has 0 unspecified atom stereocenters. The number of hydrogen-bond acceptors (Lipinski definition) is 5. The lowest BCUT2D eigenvalue weighted by molar-refractivity contribution is 0.191. The summed E-state index contributed by atoms with van der Waals surface area (Å²) in [6.07, 6.45) is 6.08. The van der Waals surface area contributed by atoms with Gasteiger partial charge in [0.15, 0.2) is 0 Å². The Kier molecular flexibility index (Phi) is 3.64. The summed E-state index contributed by atoms with van der Waals surface area (Å²) in [6.45, 7) is 2.71. The first-order valence-corrected chi connectivity index (χ1v) is 8.15. The Morgan fingerprint density at radius 1 is 1.29 bits per heavy atom. The molecule has 0 saturated carbocycles. The van der Waals surface area contributed by atoms with Gasteiger partial charge in [-0.1, -0.05) is 0 Å². The van der Waals surface area contributed by atoms with Gasteiger partial charge in [-0.25, -0.2) is 9.97 Å². The van der Waals surface area contributed by atoms with Crippen molar-refractivity contribution in [1.82, 2.24) is 24.4 Å². The van der Waals surface area contributed by atoms with E-state index in [4.69, 9.17) is 5.26 Å². The minimum atomic E-state index is 0.253. The molecule has 4 heterocycles. The maximum atomic E-state index is 9.53. The van der Waals surface area contributed by atoms with Gasteiger partial charge in [-0.3, -0.25) is 0 Å². The Morgan fingerprint density at radius 2 is 2.12 bits per heavy atom. The number of likely N-dealkylation sites (tertiary alicyclic amines) is 1. The average Bonchev–Trinajstić information content (AvgIpc) is 3.23. The molecule has 0 aliphatic carbocycles. The number of pyridine rings is 1. The molecule has 0 spiro atoms. The van der Waals surface area contributed by atoms with Crippen LogP contribution in [0.5, 0.6) is 0 Å². The molecule has 24 heavy (non-hydrogen) atoms. The number of aromatic amines is 1. The molecule has 0 amide bonds. The van der Waals surface area contributed by atoms with Crippen molar-refractivity contribution in [3.8, 4) is 12.1 Å². The molecule has 0 aromatic carbocycles. The molecular weight excluding hydrogens is 302 g/mol. The summed E-state index contributed by atoms with van der Waals surface area (Å²) in [5.74, 6) is 0.455. The number of imidazole rings is 1. The Hall–Kier alpha value is -2.90. The van der Waals surface area contributed by atoms with Crippen LogP contribution in [0.15, 0.2) is 18.5 Å². The number of rotatable bonds is 3. The van der Waals surface area contributed by atoms with Crippen molar-refractivity contribution in [2.45, 2.75) is 25.3 Å². The van der Waals surface area contributed by atoms with Crippen LogP contribution in [0.25, 0.3) is 22.1 Å². The Morgan fingerprint density at radius 3 is 2.88 bits per heavy atom. The van der Waals surface area contributed by atoms with E-state index < -0.39 is 0 Å². The highest BCUT2D eigenvalue weighted by Gasteiger charge is 2.25. The highest BCUT2D eigenvalue weighted by atomic mass is 15.2. The molecule has 4 rings (SSSR count). The lowest BCUT2D eigenvalue weighted by Crippen LogP contribution is -2.35. The molecule has 1 aliphatic rings. The zero-order valence-electron chi connectivity index (χ0n) is 13.2. The van der Waals surface area contributed by atoms with Gasteiger partial charge in [-0.05, 0) is 18.9 Å². The van der Waals surface area contributed by atoms with Gasteiger partial charge in [0, 0.05) is 43.7 Å². The molecular formula is C17H17N7. The molecule has 1 N–H and O–H groups in total. The average molecular weight is 319 g/mol. The number of piperidine rings is 1. The normalized spacial score (nSPS) is 16.4. The third-order valence-electron chi connectivity index (χ3n) is 4.80. The van der Waals surface area contributed by atoms with E-state index in [0.29, 0.717) is 12.2 Å². The van der Waals surface area contributed by atoms with Crippen molar-refractivity contribution in [1.29, 1.82) is 10.5 Å². The van der Waals surface area contributed by atoms with Crippen LogP contribution in [0.1, 0.15) is 31.1 Å². The standard InChI is InChI=1S/C17H17N7/c18-5-1-7-23-8-3-12(4-9-23)24-15(10-19)22-14-11-21-17-13(16(14)24)2-6-20-17/h2,6,11-12H,1,3-4,7-9H2,(H,20,21). The Labute approximate surface area is 139 Å². The van der Waals surface area contributed by atoms with Crippen LogP contribution in [0.3, 0.4) is 0 Å². The molecule has 3 aromatic rings. The summed E-state index contributed by atoms with van der Waals surface area (Å²) >= 11 is 0. The Bertz CT molecular complexity index is 961. The van der Waals surface area contributed by atoms with Crippen molar-refractivity contribution >= 4 is 22.1 Å².